The predicted molar refractivity (Wildman–Crippen MR) is 44.5 cm³/mol. The summed E-state index contributed by atoms with van der Waals surface area (Å²) in [7, 11) is 0. The average molecular weight is 170 g/mol. The number of nitrogens with one attached hydrogen (secondary N) is 1. The molecule has 1 unspecified atom stereocenters. The van der Waals surface area contributed by atoms with E-state index in [0.717, 1.165) is 0 Å². The van der Waals surface area contributed by atoms with Crippen molar-refractivity contribution in [1.82, 2.24) is 10.2 Å². The van der Waals surface area contributed by atoms with E-state index in [2.05, 4.69) is 5.32 Å². The smallest absolute Gasteiger partial charge is 0.225 e. The van der Waals surface area contributed by atoms with E-state index < -0.39 is 0 Å². The van der Waals surface area contributed by atoms with Crippen LogP contribution in [-0.4, -0.2) is 35.8 Å². The van der Waals surface area contributed by atoms with E-state index in [1.54, 1.807) is 4.90 Å². The van der Waals surface area contributed by atoms with Gasteiger partial charge in [-0.05, 0) is 13.8 Å². The van der Waals surface area contributed by atoms with Crippen LogP contribution in [0, 0.1) is 0 Å². The summed E-state index contributed by atoms with van der Waals surface area (Å²) < 4.78 is 0. The van der Waals surface area contributed by atoms with Gasteiger partial charge in [0.05, 0.1) is 6.04 Å². The fourth-order valence-electron chi connectivity index (χ4n) is 1.44. The zero-order chi connectivity index (χ0) is 9.14. The van der Waals surface area contributed by atoms with E-state index in [4.69, 9.17) is 0 Å². The van der Waals surface area contributed by atoms with Crippen LogP contribution in [0.2, 0.25) is 0 Å². The van der Waals surface area contributed by atoms with Crippen molar-refractivity contribution in [3.63, 3.8) is 0 Å². The fraction of sp³-hybridized carbons (Fsp3) is 0.750. The average Bonchev–Trinajstić information content (AvgIpc) is 2.32. The van der Waals surface area contributed by atoms with Gasteiger partial charge in [0.15, 0.2) is 0 Å². The maximum Gasteiger partial charge on any atom is 0.225 e. The Morgan fingerprint density at radius 1 is 1.67 bits per heavy atom. The molecule has 0 spiro atoms. The fourth-order valence-corrected chi connectivity index (χ4v) is 1.44. The van der Waals surface area contributed by atoms with Crippen LogP contribution in [0.3, 0.4) is 0 Å². The molecular formula is C8H14N2O2. The van der Waals surface area contributed by atoms with Crippen molar-refractivity contribution in [2.45, 2.75) is 32.4 Å². The quantitative estimate of drug-likeness (QED) is 0.593. The highest BCUT2D eigenvalue weighted by molar-refractivity contribution is 5.80. The number of likely N-dealkylation sites (tertiary alicyclic amines) is 1. The highest BCUT2D eigenvalue weighted by Crippen LogP contribution is 2.13. The minimum absolute atomic E-state index is 0.0115. The normalized spacial score (nSPS) is 23.4. The van der Waals surface area contributed by atoms with Gasteiger partial charge < -0.3 is 10.2 Å². The van der Waals surface area contributed by atoms with Crippen LogP contribution in [0.1, 0.15) is 20.3 Å². The minimum atomic E-state index is 0.0115. The van der Waals surface area contributed by atoms with Crippen LogP contribution in [0.4, 0.5) is 0 Å². The summed E-state index contributed by atoms with van der Waals surface area (Å²) in [5.74, 6) is 0.129. The summed E-state index contributed by atoms with van der Waals surface area (Å²) >= 11 is 0. The first-order valence-electron chi connectivity index (χ1n) is 4.14. The van der Waals surface area contributed by atoms with Crippen molar-refractivity contribution in [3.05, 3.63) is 0 Å². The first kappa shape index (κ1) is 9.03. The summed E-state index contributed by atoms with van der Waals surface area (Å²) in [6.07, 6.45) is 1.10. The first-order valence-corrected chi connectivity index (χ1v) is 4.14. The molecule has 0 aromatic heterocycles. The van der Waals surface area contributed by atoms with Crippen molar-refractivity contribution < 1.29 is 9.59 Å². The third kappa shape index (κ3) is 1.75. The Morgan fingerprint density at radius 2 is 2.33 bits per heavy atom. The second-order valence-electron chi connectivity index (χ2n) is 3.33. The SMILES string of the molecule is CC(C)N1CC(NC=O)CC1=O. The van der Waals surface area contributed by atoms with Crippen LogP contribution < -0.4 is 5.32 Å². The molecule has 1 heterocycles. The Labute approximate surface area is 71.9 Å². The predicted octanol–water partition coefficient (Wildman–Crippen LogP) is -0.258. The Hall–Kier alpha value is -1.06. The van der Waals surface area contributed by atoms with Crippen molar-refractivity contribution in [2.75, 3.05) is 6.54 Å². The zero-order valence-electron chi connectivity index (χ0n) is 7.41. The summed E-state index contributed by atoms with van der Waals surface area (Å²) in [5, 5.41) is 2.62. The van der Waals surface area contributed by atoms with Gasteiger partial charge in [0.2, 0.25) is 12.3 Å². The van der Waals surface area contributed by atoms with Gasteiger partial charge in [0, 0.05) is 19.0 Å². The maximum absolute atomic E-state index is 11.3. The maximum atomic E-state index is 11.3. The topological polar surface area (TPSA) is 49.4 Å². The molecule has 0 radical (unpaired) electrons. The molecule has 0 aromatic rings. The van der Waals surface area contributed by atoms with Crippen LogP contribution in [-0.2, 0) is 9.59 Å². The van der Waals surface area contributed by atoms with Crippen molar-refractivity contribution in [1.29, 1.82) is 0 Å². The molecule has 1 atom stereocenters. The molecule has 4 heteroatoms. The summed E-state index contributed by atoms with van der Waals surface area (Å²) in [4.78, 5) is 23.2. The van der Waals surface area contributed by atoms with Gasteiger partial charge in [-0.25, -0.2) is 0 Å². The zero-order valence-corrected chi connectivity index (χ0v) is 7.41. The van der Waals surface area contributed by atoms with Gasteiger partial charge in [0.25, 0.3) is 0 Å². The number of rotatable bonds is 3. The lowest BCUT2D eigenvalue weighted by Crippen LogP contribution is -2.35. The molecule has 1 aliphatic heterocycles. The first-order chi connectivity index (χ1) is 5.65. The molecule has 4 nitrogen and oxygen atoms in total. The highest BCUT2D eigenvalue weighted by atomic mass is 16.2. The molecule has 1 fully saturated rings. The second kappa shape index (κ2) is 3.56. The van der Waals surface area contributed by atoms with Gasteiger partial charge in [-0.1, -0.05) is 0 Å². The van der Waals surface area contributed by atoms with Crippen LogP contribution >= 0.6 is 0 Å². The van der Waals surface area contributed by atoms with E-state index in [9.17, 15) is 9.59 Å². The lowest BCUT2D eigenvalue weighted by atomic mass is 10.3. The Bertz CT molecular complexity index is 191. The van der Waals surface area contributed by atoms with E-state index in [1.807, 2.05) is 13.8 Å². The van der Waals surface area contributed by atoms with E-state index in [-0.39, 0.29) is 18.0 Å². The number of carbonyl (C=O) groups excluding carboxylic acids is 2. The second-order valence-corrected chi connectivity index (χ2v) is 3.33. The Kier molecular flexibility index (Phi) is 2.68. The van der Waals surface area contributed by atoms with Crippen molar-refractivity contribution >= 4 is 12.3 Å². The number of nitrogens with zero attached hydrogens (tertiary/aromatic N) is 1. The molecular weight excluding hydrogens is 156 g/mol. The van der Waals surface area contributed by atoms with Crippen molar-refractivity contribution in [2.24, 2.45) is 0 Å². The minimum Gasteiger partial charge on any atom is -0.354 e. The van der Waals surface area contributed by atoms with Gasteiger partial charge in [-0.3, -0.25) is 9.59 Å². The molecule has 68 valence electrons. The van der Waals surface area contributed by atoms with E-state index in [0.29, 0.717) is 19.4 Å². The highest BCUT2D eigenvalue weighted by Gasteiger charge is 2.30. The molecule has 1 N–H and O–H groups in total. The number of amides is 2. The number of carbonyl (C=O) groups is 2. The largest absolute Gasteiger partial charge is 0.354 e. The summed E-state index contributed by atoms with van der Waals surface area (Å²) in [5.41, 5.74) is 0. The van der Waals surface area contributed by atoms with Gasteiger partial charge in [0.1, 0.15) is 0 Å². The molecule has 0 bridgehead atoms. The van der Waals surface area contributed by atoms with Gasteiger partial charge in [-0.2, -0.15) is 0 Å². The molecule has 1 rings (SSSR count). The monoisotopic (exact) mass is 170 g/mol. The lowest BCUT2D eigenvalue weighted by Gasteiger charge is -2.20. The molecule has 1 aliphatic rings. The third-order valence-electron chi connectivity index (χ3n) is 2.09. The van der Waals surface area contributed by atoms with Gasteiger partial charge in [-0.15, -0.1) is 0 Å². The van der Waals surface area contributed by atoms with E-state index >= 15 is 0 Å². The molecule has 0 aliphatic carbocycles. The Morgan fingerprint density at radius 3 is 2.75 bits per heavy atom. The molecule has 12 heavy (non-hydrogen) atoms. The standard InChI is InChI=1S/C8H14N2O2/c1-6(2)10-4-7(9-5-11)3-8(10)12/h5-7H,3-4H2,1-2H3,(H,9,11). The number of hydrogen-bond donors (Lipinski definition) is 1. The Balaban J connectivity index is 2.50. The summed E-state index contributed by atoms with van der Waals surface area (Å²) in [6.45, 7) is 4.59. The van der Waals surface area contributed by atoms with E-state index in [1.165, 1.54) is 0 Å². The van der Waals surface area contributed by atoms with Crippen LogP contribution in [0.5, 0.6) is 0 Å². The molecule has 1 saturated heterocycles. The lowest BCUT2D eigenvalue weighted by molar-refractivity contribution is -0.129. The third-order valence-corrected chi connectivity index (χ3v) is 2.09. The van der Waals surface area contributed by atoms with Crippen LogP contribution in [0.15, 0.2) is 0 Å². The van der Waals surface area contributed by atoms with Crippen LogP contribution in [0.25, 0.3) is 0 Å². The molecule has 0 saturated carbocycles. The molecule has 0 aromatic carbocycles. The molecule has 2 amide bonds. The summed E-state index contributed by atoms with van der Waals surface area (Å²) in [6, 6.07) is 0.244. The van der Waals surface area contributed by atoms with Crippen molar-refractivity contribution in [3.8, 4) is 0 Å². The van der Waals surface area contributed by atoms with Gasteiger partial charge >= 0.3 is 0 Å². The number of hydrogen-bond acceptors (Lipinski definition) is 2.